The predicted octanol–water partition coefficient (Wildman–Crippen LogP) is 10.4. The summed E-state index contributed by atoms with van der Waals surface area (Å²) in [5.74, 6) is -2.12. The number of nitrogen functional groups attached to an aromatic ring is 1. The fraction of sp³-hybridized carbons (Fsp3) is 0.333. The molecule has 408 valence electrons. The van der Waals surface area contributed by atoms with Crippen molar-refractivity contribution < 1.29 is 100 Å². The minimum absolute atomic E-state index is 0. The van der Waals surface area contributed by atoms with E-state index in [0.29, 0.717) is 95.3 Å². The van der Waals surface area contributed by atoms with Crippen LogP contribution in [0.25, 0.3) is 40.9 Å². The molecule has 29 heteroatoms. The number of hydrogen-bond donors (Lipinski definition) is 4. The second kappa shape index (κ2) is 28.6. The number of amides is 1. The van der Waals surface area contributed by atoms with Gasteiger partial charge in [0.25, 0.3) is 5.91 Å². The largest absolute Gasteiger partial charge is 1.00 e. The quantitative estimate of drug-likeness (QED) is 0.0921. The van der Waals surface area contributed by atoms with Gasteiger partial charge < -0.3 is 46.3 Å². The van der Waals surface area contributed by atoms with Gasteiger partial charge in [-0.3, -0.25) is 4.79 Å². The van der Waals surface area contributed by atoms with E-state index in [4.69, 9.17) is 107 Å². The fourth-order valence-corrected chi connectivity index (χ4v) is 13.5. The molecule has 0 radical (unpaired) electrons. The fourth-order valence-electron chi connectivity index (χ4n) is 7.19. The van der Waals surface area contributed by atoms with E-state index in [1.165, 1.54) is 48.2 Å². The Bertz CT molecular complexity index is 3480. The van der Waals surface area contributed by atoms with E-state index in [1.54, 1.807) is 6.92 Å². The summed E-state index contributed by atoms with van der Waals surface area (Å²) in [6.45, 7) is 17.3. The summed E-state index contributed by atoms with van der Waals surface area (Å²) in [5, 5.41) is 18.0. The number of carbonyl (C=O) groups is 4. The van der Waals surface area contributed by atoms with Gasteiger partial charge in [-0.25, -0.2) is 34.3 Å². The molecule has 10 heterocycles. The number of halogens is 7. The van der Waals surface area contributed by atoms with Gasteiger partial charge >= 0.3 is 69.3 Å². The average molecular weight is 1300 g/mol. The van der Waals surface area contributed by atoms with Crippen molar-refractivity contribution in [3.63, 3.8) is 0 Å². The summed E-state index contributed by atoms with van der Waals surface area (Å²) in [6, 6.07) is 0.415. The maximum absolute atomic E-state index is 12.2. The molecule has 2 aliphatic heterocycles. The first-order valence-corrected chi connectivity index (χ1v) is 27.9. The smallest absolute Gasteiger partial charge is 0.870 e. The van der Waals surface area contributed by atoms with Crippen molar-refractivity contribution in [2.45, 2.75) is 67.5 Å². The van der Waals surface area contributed by atoms with Gasteiger partial charge in [0, 0.05) is 21.5 Å². The van der Waals surface area contributed by atoms with Crippen LogP contribution in [-0.2, 0) is 18.9 Å². The number of carbonyl (C=O) groups excluding carboxylic acids is 3. The molecule has 8 aromatic rings. The monoisotopic (exact) mass is 1290 g/mol. The van der Waals surface area contributed by atoms with Crippen molar-refractivity contribution in [2.24, 2.45) is 5.73 Å². The summed E-state index contributed by atoms with van der Waals surface area (Å²) < 4.78 is 19.1. The maximum atomic E-state index is 12.2. The second-order valence-corrected chi connectivity index (χ2v) is 23.3. The van der Waals surface area contributed by atoms with Gasteiger partial charge in [0.15, 0.2) is 0 Å². The summed E-state index contributed by atoms with van der Waals surface area (Å²) in [6.07, 6.45) is 0. The number of pyridine rings is 4. The maximum Gasteiger partial charge on any atom is 1.00 e. The predicted molar refractivity (Wildman–Crippen MR) is 308 cm³/mol. The van der Waals surface area contributed by atoms with Crippen LogP contribution in [0.15, 0.2) is 0 Å². The van der Waals surface area contributed by atoms with E-state index < -0.39 is 17.9 Å². The van der Waals surface area contributed by atoms with E-state index in [-0.39, 0.29) is 78.7 Å². The number of hydrogen-bond acceptors (Lipinski definition) is 19. The average Bonchev–Trinajstić information content (AvgIpc) is 4.08. The molecule has 2 saturated heterocycles. The van der Waals surface area contributed by atoms with Crippen molar-refractivity contribution in [3.8, 4) is 0 Å². The number of nitrogens with one attached hydrogen (secondary N) is 1. The topological polar surface area (TPSA) is 271 Å². The molecular weight excluding hydrogens is 1250 g/mol. The van der Waals surface area contributed by atoms with Gasteiger partial charge in [-0.2, -0.15) is 0 Å². The first kappa shape index (κ1) is 67.1. The third-order valence-corrected chi connectivity index (χ3v) is 19.4. The number of carboxylic acid groups (broad SMARTS) is 1. The van der Waals surface area contributed by atoms with Crippen LogP contribution in [0.5, 0.6) is 0 Å². The number of carboxylic acids is 1. The Labute approximate surface area is 535 Å². The van der Waals surface area contributed by atoms with Crippen LogP contribution in [-0.4, -0.2) is 107 Å². The van der Waals surface area contributed by atoms with E-state index in [0.717, 1.165) is 84.9 Å². The standard InChI is InChI=1S/C13H12Cl2N2O2S.C11H9Cl2NO2S.C11H11ClN2O2S.C10H7Cl2NO2S.C3H7NO.K.H2O/c1-5-8-10(15)11(12(18)17-7-3-19-4-7)20-13(8)16-6(2)9(5)14;2*1-4-6-8(13)9(11(15)16-3)17-10(6)14-5(2)7(4)12;1-3-5-7(12)8(10(14)15)16-9(5)13-4(2)6(3)11;4-3-1-5-2-3;;/h7H,3-4H2,1-2H3,(H,17,18);1-3H3;13H2,1-3H3;1-2H3,(H,14,15);3H,1-2,4H2;;1H2/q;;;;;+1;/p-1. The minimum atomic E-state index is -1.04. The Morgan fingerprint density at radius 3 is 1.17 bits per heavy atom. The number of aryl methyl sites for hydroxylation is 8. The Morgan fingerprint density at radius 2 is 0.831 bits per heavy atom. The molecule has 2 aliphatic rings. The number of anilines is 1. The number of thiophene rings is 4. The molecule has 77 heavy (non-hydrogen) atoms. The number of nitrogens with two attached hydrogens (primary N) is 2. The van der Waals surface area contributed by atoms with E-state index >= 15 is 0 Å². The summed E-state index contributed by atoms with van der Waals surface area (Å²) in [5.41, 5.74) is 17.8. The normalized spacial score (nSPS) is 12.8. The third-order valence-electron chi connectivity index (χ3n) is 11.4. The Kier molecular flexibility index (Phi) is 24.9. The van der Waals surface area contributed by atoms with Gasteiger partial charge in [0.1, 0.15) is 38.8 Å². The molecule has 0 spiro atoms. The van der Waals surface area contributed by atoms with E-state index in [2.05, 4.69) is 34.7 Å². The van der Waals surface area contributed by atoms with Crippen molar-refractivity contribution in [3.05, 3.63) is 99.7 Å². The Balaban J connectivity index is 0.000000213. The van der Waals surface area contributed by atoms with Crippen LogP contribution < -0.4 is 68.2 Å². The van der Waals surface area contributed by atoms with Gasteiger partial charge in [-0.1, -0.05) is 81.2 Å². The van der Waals surface area contributed by atoms with Crippen molar-refractivity contribution in [2.75, 3.05) is 46.4 Å². The van der Waals surface area contributed by atoms with Crippen LogP contribution >= 0.6 is 127 Å². The van der Waals surface area contributed by atoms with Crippen molar-refractivity contribution in [1.29, 1.82) is 0 Å². The number of nitrogens with zero attached hydrogens (tertiary/aromatic N) is 4. The number of aromatic nitrogens is 4. The molecule has 2 fully saturated rings. The van der Waals surface area contributed by atoms with Gasteiger partial charge in [0.05, 0.1) is 116 Å². The molecule has 1 amide bonds. The number of rotatable bonds is 5. The van der Waals surface area contributed by atoms with Crippen molar-refractivity contribution in [1.82, 2.24) is 25.3 Å². The Morgan fingerprint density at radius 1 is 0.532 bits per heavy atom. The zero-order valence-corrected chi connectivity index (χ0v) is 54.5. The molecular formula is C48H47Cl7KN7O10S4. The molecule has 7 N–H and O–H groups in total. The SMILES string of the molecule is COC(=O)c1sc2nc(C)c(Cl)c(C)c2c1Cl.COC(=O)c1sc2nc(C)c(Cl)c(C)c2c1N.Cc1nc2sc(C(=O)NC3COC3)c(Cl)c2c(C)c1Cl.Cc1nc2sc(C(=O)O)c(Cl)c2c(C)c1Cl.NC1COC1.[K+].[OH-]. The number of fused-ring (bicyclic) bond motifs is 4. The van der Waals surface area contributed by atoms with Crippen LogP contribution in [0.2, 0.25) is 35.2 Å². The first-order chi connectivity index (χ1) is 35.2. The molecule has 0 atom stereocenters. The Hall–Kier alpha value is -2.37. The van der Waals surface area contributed by atoms with Gasteiger partial charge in [-0.05, 0) is 77.6 Å². The van der Waals surface area contributed by atoms with Gasteiger partial charge in [-0.15, -0.1) is 45.3 Å². The summed E-state index contributed by atoms with van der Waals surface area (Å²) in [7, 11) is 2.65. The van der Waals surface area contributed by atoms with Crippen LogP contribution in [0.3, 0.4) is 0 Å². The molecule has 10 rings (SSSR count). The summed E-state index contributed by atoms with van der Waals surface area (Å²) in [4.78, 5) is 67.6. The van der Waals surface area contributed by atoms with Crippen molar-refractivity contribution >= 4 is 197 Å². The number of ether oxygens (including phenoxy) is 4. The zero-order valence-electron chi connectivity index (χ0n) is 42.9. The molecule has 0 bridgehead atoms. The van der Waals surface area contributed by atoms with E-state index in [1.807, 2.05) is 48.5 Å². The van der Waals surface area contributed by atoms with Gasteiger partial charge in [0.2, 0.25) is 0 Å². The van der Waals surface area contributed by atoms with Crippen LogP contribution in [0, 0.1) is 55.4 Å². The number of methoxy groups -OCH3 is 2. The molecule has 0 unspecified atom stereocenters. The molecule has 17 nitrogen and oxygen atoms in total. The molecule has 8 aromatic heterocycles. The molecule has 0 aliphatic carbocycles. The third kappa shape index (κ3) is 14.5. The molecule has 0 saturated carbocycles. The number of aromatic carboxylic acids is 1. The van der Waals surface area contributed by atoms with Crippen LogP contribution in [0.1, 0.15) is 83.7 Å². The number of esters is 2. The second-order valence-electron chi connectivity index (χ2n) is 16.6. The van der Waals surface area contributed by atoms with E-state index in [9.17, 15) is 19.2 Å². The molecule has 0 aromatic carbocycles. The zero-order chi connectivity index (χ0) is 55.7. The summed E-state index contributed by atoms with van der Waals surface area (Å²) >= 11 is 47.8. The van der Waals surface area contributed by atoms with Crippen LogP contribution in [0.4, 0.5) is 5.69 Å². The first-order valence-electron chi connectivity index (χ1n) is 22.0. The minimum Gasteiger partial charge on any atom is -0.870 e.